The highest BCUT2D eigenvalue weighted by Gasteiger charge is 2.36. The molecule has 2 aliphatic heterocycles. The van der Waals surface area contributed by atoms with Crippen LogP contribution in [0.5, 0.6) is 0 Å². The third-order valence-corrected chi connectivity index (χ3v) is 5.69. The van der Waals surface area contributed by atoms with Crippen molar-refractivity contribution >= 4 is 0 Å². The fourth-order valence-electron chi connectivity index (χ4n) is 4.60. The Kier molecular flexibility index (Phi) is 3.95. The van der Waals surface area contributed by atoms with Gasteiger partial charge in [0.2, 0.25) is 0 Å². The van der Waals surface area contributed by atoms with Crippen molar-refractivity contribution in [3.05, 3.63) is 12.2 Å². The smallest absolute Gasteiger partial charge is 0.150 e. The Labute approximate surface area is 127 Å². The van der Waals surface area contributed by atoms with E-state index in [0.29, 0.717) is 12.1 Å². The molecule has 3 fully saturated rings. The molecule has 1 aliphatic carbocycles. The van der Waals surface area contributed by atoms with Gasteiger partial charge in [-0.1, -0.05) is 12.8 Å². The molecule has 1 saturated carbocycles. The van der Waals surface area contributed by atoms with E-state index in [-0.39, 0.29) is 0 Å². The Morgan fingerprint density at radius 2 is 1.76 bits per heavy atom. The van der Waals surface area contributed by atoms with Crippen molar-refractivity contribution in [3.8, 4) is 0 Å². The maximum absolute atomic E-state index is 4.54. The number of aromatic nitrogens is 3. The summed E-state index contributed by atoms with van der Waals surface area (Å²) in [5.41, 5.74) is 0. The average molecular weight is 289 g/mol. The Bertz CT molecular complexity index is 459. The summed E-state index contributed by atoms with van der Waals surface area (Å²) in [6, 6.07) is 1.91. The lowest BCUT2D eigenvalue weighted by atomic mass is 10.0. The van der Waals surface area contributed by atoms with E-state index in [0.717, 1.165) is 6.04 Å². The lowest BCUT2D eigenvalue weighted by molar-refractivity contribution is 0.139. The van der Waals surface area contributed by atoms with Crippen LogP contribution in [0.4, 0.5) is 0 Å². The predicted octanol–water partition coefficient (Wildman–Crippen LogP) is 2.28. The van der Waals surface area contributed by atoms with Crippen molar-refractivity contribution in [3.63, 3.8) is 0 Å². The average Bonchev–Trinajstić information content (AvgIpc) is 3.27. The van der Waals surface area contributed by atoms with Gasteiger partial charge in [-0.2, -0.15) is 0 Å². The quantitative estimate of drug-likeness (QED) is 0.927. The van der Waals surface area contributed by atoms with Crippen LogP contribution in [0, 0.1) is 0 Å². The SMILES string of the molecule is c1nnc(C2CCCN2C2CCNCC2)n1C1CCCC1. The van der Waals surface area contributed by atoms with Crippen molar-refractivity contribution in [1.82, 2.24) is 25.0 Å². The van der Waals surface area contributed by atoms with E-state index in [9.17, 15) is 0 Å². The minimum Gasteiger partial charge on any atom is -0.317 e. The number of likely N-dealkylation sites (tertiary alicyclic amines) is 1. The highest BCUT2D eigenvalue weighted by Crippen LogP contribution is 2.38. The zero-order valence-corrected chi connectivity index (χ0v) is 12.9. The van der Waals surface area contributed by atoms with Gasteiger partial charge in [-0.25, -0.2) is 0 Å². The minimum atomic E-state index is 0.510. The van der Waals surface area contributed by atoms with Gasteiger partial charge in [0.25, 0.3) is 0 Å². The molecule has 0 bridgehead atoms. The predicted molar refractivity (Wildman–Crippen MR) is 82.1 cm³/mol. The Balaban J connectivity index is 1.55. The molecular formula is C16H27N5. The zero-order valence-electron chi connectivity index (χ0n) is 12.9. The molecule has 21 heavy (non-hydrogen) atoms. The summed E-state index contributed by atoms with van der Waals surface area (Å²) in [7, 11) is 0. The number of nitrogens with one attached hydrogen (secondary N) is 1. The molecule has 1 aromatic heterocycles. The largest absolute Gasteiger partial charge is 0.317 e. The molecule has 1 aromatic rings. The lowest BCUT2D eigenvalue weighted by Crippen LogP contribution is -2.43. The van der Waals surface area contributed by atoms with Crippen molar-refractivity contribution in [2.24, 2.45) is 0 Å². The van der Waals surface area contributed by atoms with E-state index in [1.165, 1.54) is 76.8 Å². The van der Waals surface area contributed by atoms with Crippen LogP contribution in [0.3, 0.4) is 0 Å². The summed E-state index contributed by atoms with van der Waals surface area (Å²) >= 11 is 0. The maximum Gasteiger partial charge on any atom is 0.150 e. The van der Waals surface area contributed by atoms with Gasteiger partial charge in [0.1, 0.15) is 12.2 Å². The van der Waals surface area contributed by atoms with Crippen LogP contribution in [-0.4, -0.2) is 45.3 Å². The highest BCUT2D eigenvalue weighted by molar-refractivity contribution is 5.03. The first-order valence-electron chi connectivity index (χ1n) is 8.79. The second kappa shape index (κ2) is 6.05. The van der Waals surface area contributed by atoms with Gasteiger partial charge >= 0.3 is 0 Å². The van der Waals surface area contributed by atoms with Crippen LogP contribution in [-0.2, 0) is 0 Å². The van der Waals surface area contributed by atoms with Crippen molar-refractivity contribution in [1.29, 1.82) is 0 Å². The number of rotatable bonds is 3. The monoisotopic (exact) mass is 289 g/mol. The van der Waals surface area contributed by atoms with E-state index >= 15 is 0 Å². The molecule has 116 valence electrons. The van der Waals surface area contributed by atoms with Gasteiger partial charge in [-0.05, 0) is 58.2 Å². The number of piperidine rings is 1. The molecule has 0 aromatic carbocycles. The summed E-state index contributed by atoms with van der Waals surface area (Å²) < 4.78 is 2.41. The highest BCUT2D eigenvalue weighted by atomic mass is 15.3. The standard InChI is InChI=1S/C16H27N5/c1-2-5-13(4-1)21-12-18-19-16(21)15-6-3-11-20(15)14-7-9-17-10-8-14/h12-15,17H,1-11H2. The molecule has 3 heterocycles. The molecule has 3 aliphatic rings. The lowest BCUT2D eigenvalue weighted by Gasteiger charge is -2.35. The fraction of sp³-hybridized carbons (Fsp3) is 0.875. The fourth-order valence-corrected chi connectivity index (χ4v) is 4.60. The molecule has 1 N–H and O–H groups in total. The number of hydrogen-bond acceptors (Lipinski definition) is 4. The van der Waals surface area contributed by atoms with Crippen molar-refractivity contribution in [2.45, 2.75) is 69.5 Å². The van der Waals surface area contributed by atoms with Crippen molar-refractivity contribution in [2.75, 3.05) is 19.6 Å². The Morgan fingerprint density at radius 3 is 2.57 bits per heavy atom. The second-order valence-electron chi connectivity index (χ2n) is 6.91. The second-order valence-corrected chi connectivity index (χ2v) is 6.91. The minimum absolute atomic E-state index is 0.510. The first kappa shape index (κ1) is 13.7. The topological polar surface area (TPSA) is 46.0 Å². The van der Waals surface area contributed by atoms with Gasteiger partial charge in [0.15, 0.2) is 0 Å². The molecule has 2 saturated heterocycles. The van der Waals surface area contributed by atoms with Gasteiger partial charge < -0.3 is 9.88 Å². The van der Waals surface area contributed by atoms with Crippen LogP contribution in [0.15, 0.2) is 6.33 Å². The summed E-state index contributed by atoms with van der Waals surface area (Å²) in [6.45, 7) is 3.58. The van der Waals surface area contributed by atoms with Crippen LogP contribution < -0.4 is 5.32 Å². The number of hydrogen-bond donors (Lipinski definition) is 1. The normalized spacial score (nSPS) is 29.4. The molecule has 4 rings (SSSR count). The van der Waals surface area contributed by atoms with E-state index in [2.05, 4.69) is 25.0 Å². The zero-order chi connectivity index (χ0) is 14.1. The maximum atomic E-state index is 4.54. The van der Waals surface area contributed by atoms with Gasteiger partial charge in [0, 0.05) is 12.1 Å². The van der Waals surface area contributed by atoms with E-state index < -0.39 is 0 Å². The number of nitrogens with zero attached hydrogens (tertiary/aromatic N) is 4. The van der Waals surface area contributed by atoms with Gasteiger partial charge in [0.05, 0.1) is 6.04 Å². The van der Waals surface area contributed by atoms with E-state index in [1.807, 2.05) is 6.33 Å². The molecule has 1 unspecified atom stereocenters. The first-order chi connectivity index (χ1) is 10.4. The molecule has 0 amide bonds. The molecule has 5 heteroatoms. The van der Waals surface area contributed by atoms with Crippen LogP contribution in [0.25, 0.3) is 0 Å². The third-order valence-electron chi connectivity index (χ3n) is 5.69. The molecule has 0 radical (unpaired) electrons. The van der Waals surface area contributed by atoms with Gasteiger partial charge in [-0.3, -0.25) is 4.90 Å². The van der Waals surface area contributed by atoms with E-state index in [1.54, 1.807) is 0 Å². The van der Waals surface area contributed by atoms with Crippen LogP contribution >= 0.6 is 0 Å². The Morgan fingerprint density at radius 1 is 0.952 bits per heavy atom. The molecular weight excluding hydrogens is 262 g/mol. The third kappa shape index (κ3) is 2.61. The van der Waals surface area contributed by atoms with Gasteiger partial charge in [-0.15, -0.1) is 10.2 Å². The molecule has 5 nitrogen and oxygen atoms in total. The van der Waals surface area contributed by atoms with E-state index in [4.69, 9.17) is 0 Å². The first-order valence-corrected chi connectivity index (χ1v) is 8.79. The van der Waals surface area contributed by atoms with Crippen molar-refractivity contribution < 1.29 is 0 Å². The molecule has 1 atom stereocenters. The summed E-state index contributed by atoms with van der Waals surface area (Å²) in [4.78, 5) is 2.73. The van der Waals surface area contributed by atoms with Crippen LogP contribution in [0.1, 0.15) is 69.3 Å². The summed E-state index contributed by atoms with van der Waals surface area (Å²) in [5.74, 6) is 1.25. The Hall–Kier alpha value is -0.940. The molecule has 0 spiro atoms. The van der Waals surface area contributed by atoms with Crippen LogP contribution in [0.2, 0.25) is 0 Å². The summed E-state index contributed by atoms with van der Waals surface area (Å²) in [5, 5.41) is 12.3. The summed E-state index contributed by atoms with van der Waals surface area (Å²) in [6.07, 6.45) is 12.5.